The summed E-state index contributed by atoms with van der Waals surface area (Å²) in [4.78, 5) is 2.60. The van der Waals surface area contributed by atoms with Crippen LogP contribution in [0.1, 0.15) is 58.1 Å². The van der Waals surface area contributed by atoms with Crippen molar-refractivity contribution < 1.29 is 5.11 Å². The molecule has 0 aliphatic carbocycles. The molecule has 1 heterocycles. The van der Waals surface area contributed by atoms with Gasteiger partial charge < -0.3 is 5.11 Å². The first-order valence-electron chi connectivity index (χ1n) is 7.45. The molecule has 1 aromatic carbocycles. The lowest BCUT2D eigenvalue weighted by Crippen LogP contribution is -2.42. The summed E-state index contributed by atoms with van der Waals surface area (Å²) in [6.45, 7) is 9.35. The van der Waals surface area contributed by atoms with Crippen LogP contribution in [0.5, 0.6) is 0 Å². The lowest BCUT2D eigenvalue weighted by atomic mass is 9.95. The molecule has 0 radical (unpaired) electrons. The van der Waals surface area contributed by atoms with Gasteiger partial charge in [-0.05, 0) is 51.7 Å². The Balaban J connectivity index is 2.07. The third-order valence-corrected chi connectivity index (χ3v) is 4.40. The summed E-state index contributed by atoms with van der Waals surface area (Å²) < 4.78 is 0. The van der Waals surface area contributed by atoms with Gasteiger partial charge in [-0.2, -0.15) is 0 Å². The lowest BCUT2D eigenvalue weighted by molar-refractivity contribution is 0.0783. The average Bonchev–Trinajstić information content (AvgIpc) is 2.33. The van der Waals surface area contributed by atoms with E-state index in [-0.39, 0.29) is 0 Å². The van der Waals surface area contributed by atoms with Gasteiger partial charge in [0.15, 0.2) is 0 Å². The molecule has 2 heteroatoms. The molecule has 19 heavy (non-hydrogen) atoms. The van der Waals surface area contributed by atoms with Crippen molar-refractivity contribution in [1.82, 2.24) is 4.90 Å². The summed E-state index contributed by atoms with van der Waals surface area (Å²) in [6, 6.07) is 9.77. The van der Waals surface area contributed by atoms with Gasteiger partial charge in [0.2, 0.25) is 0 Å². The van der Waals surface area contributed by atoms with Crippen molar-refractivity contribution >= 4 is 0 Å². The van der Waals surface area contributed by atoms with Crippen molar-refractivity contribution in [2.75, 3.05) is 0 Å². The van der Waals surface area contributed by atoms with Crippen LogP contribution in [0.2, 0.25) is 0 Å². The number of aliphatic hydroxyl groups is 1. The predicted molar refractivity (Wildman–Crippen MR) is 80.0 cm³/mol. The van der Waals surface area contributed by atoms with Gasteiger partial charge in [0, 0.05) is 18.6 Å². The molecule has 0 amide bonds. The van der Waals surface area contributed by atoms with E-state index in [9.17, 15) is 5.11 Å². The van der Waals surface area contributed by atoms with Gasteiger partial charge >= 0.3 is 0 Å². The van der Waals surface area contributed by atoms with Crippen molar-refractivity contribution in [3.63, 3.8) is 0 Å². The highest BCUT2D eigenvalue weighted by atomic mass is 16.3. The molecule has 1 aromatic rings. The minimum absolute atomic E-state index is 0.678. The van der Waals surface area contributed by atoms with Gasteiger partial charge in [-0.1, -0.05) is 30.7 Å². The Morgan fingerprint density at radius 1 is 1.11 bits per heavy atom. The second kappa shape index (κ2) is 5.64. The largest absolute Gasteiger partial charge is 0.386 e. The molecule has 1 saturated heterocycles. The van der Waals surface area contributed by atoms with Crippen LogP contribution in [0.3, 0.4) is 0 Å². The lowest BCUT2D eigenvalue weighted by Gasteiger charge is -2.39. The number of benzene rings is 1. The predicted octanol–water partition coefficient (Wildman–Crippen LogP) is 3.68. The smallest absolute Gasteiger partial charge is 0.0840 e. The highest BCUT2D eigenvalue weighted by Gasteiger charge is 2.24. The quantitative estimate of drug-likeness (QED) is 0.897. The van der Waals surface area contributed by atoms with Gasteiger partial charge in [0.05, 0.1) is 5.60 Å². The average molecular weight is 261 g/mol. The normalized spacial score (nSPS) is 25.5. The summed E-state index contributed by atoms with van der Waals surface area (Å²) >= 11 is 0. The number of likely N-dealkylation sites (tertiary alicyclic amines) is 1. The Morgan fingerprint density at radius 3 is 2.11 bits per heavy atom. The van der Waals surface area contributed by atoms with E-state index < -0.39 is 5.60 Å². The minimum atomic E-state index is -0.746. The Hall–Kier alpha value is -0.860. The van der Waals surface area contributed by atoms with Crippen molar-refractivity contribution in [2.24, 2.45) is 0 Å². The molecule has 1 aliphatic heterocycles. The van der Waals surface area contributed by atoms with Crippen LogP contribution in [0, 0.1) is 0 Å². The molecule has 2 nitrogen and oxygen atoms in total. The van der Waals surface area contributed by atoms with Gasteiger partial charge in [0.25, 0.3) is 0 Å². The number of piperidine rings is 1. The van der Waals surface area contributed by atoms with E-state index in [1.54, 1.807) is 0 Å². The van der Waals surface area contributed by atoms with Gasteiger partial charge in [0.1, 0.15) is 0 Å². The molecular weight excluding hydrogens is 234 g/mol. The second-order valence-corrected chi connectivity index (χ2v) is 6.56. The molecule has 0 saturated carbocycles. The van der Waals surface area contributed by atoms with E-state index in [1.807, 2.05) is 13.8 Å². The molecular formula is C17H27NO. The zero-order chi connectivity index (χ0) is 14.0. The van der Waals surface area contributed by atoms with Crippen molar-refractivity contribution in [3.05, 3.63) is 35.4 Å². The van der Waals surface area contributed by atoms with E-state index >= 15 is 0 Å². The summed E-state index contributed by atoms with van der Waals surface area (Å²) in [5.41, 5.74) is 1.58. The maximum Gasteiger partial charge on any atom is 0.0840 e. The first-order chi connectivity index (χ1) is 8.88. The van der Waals surface area contributed by atoms with E-state index in [2.05, 4.69) is 43.0 Å². The molecule has 1 aliphatic rings. The Bertz CT molecular complexity index is 394. The Kier molecular flexibility index (Phi) is 4.32. The number of hydrogen-bond donors (Lipinski definition) is 1. The van der Waals surface area contributed by atoms with Crippen molar-refractivity contribution in [2.45, 2.75) is 71.2 Å². The molecule has 106 valence electrons. The number of nitrogens with zero attached hydrogens (tertiary/aromatic N) is 1. The Labute approximate surface area is 117 Å². The monoisotopic (exact) mass is 261 g/mol. The molecule has 2 rings (SSSR count). The first kappa shape index (κ1) is 14.5. The third kappa shape index (κ3) is 3.58. The highest BCUT2D eigenvalue weighted by Crippen LogP contribution is 2.25. The summed E-state index contributed by atoms with van der Waals surface area (Å²) in [5, 5.41) is 9.97. The van der Waals surface area contributed by atoms with E-state index in [1.165, 1.54) is 24.8 Å². The fourth-order valence-electron chi connectivity index (χ4n) is 3.02. The van der Waals surface area contributed by atoms with Crippen molar-refractivity contribution in [3.8, 4) is 0 Å². The van der Waals surface area contributed by atoms with Crippen LogP contribution in [-0.4, -0.2) is 22.1 Å². The third-order valence-electron chi connectivity index (χ3n) is 4.40. The first-order valence-corrected chi connectivity index (χ1v) is 7.45. The fraction of sp³-hybridized carbons (Fsp3) is 0.647. The number of hydrogen-bond acceptors (Lipinski definition) is 2. The maximum atomic E-state index is 9.97. The van der Waals surface area contributed by atoms with Gasteiger partial charge in [-0.15, -0.1) is 0 Å². The summed E-state index contributed by atoms with van der Waals surface area (Å²) in [6.07, 6.45) is 3.98. The summed E-state index contributed by atoms with van der Waals surface area (Å²) in [7, 11) is 0. The van der Waals surface area contributed by atoms with Crippen LogP contribution in [-0.2, 0) is 12.1 Å². The van der Waals surface area contributed by atoms with E-state index in [0.717, 1.165) is 12.1 Å². The highest BCUT2D eigenvalue weighted by molar-refractivity contribution is 5.26. The molecule has 0 aromatic heterocycles. The molecule has 2 atom stereocenters. The zero-order valence-electron chi connectivity index (χ0n) is 12.7. The molecule has 0 bridgehead atoms. The Morgan fingerprint density at radius 2 is 1.63 bits per heavy atom. The molecule has 1 N–H and O–H groups in total. The van der Waals surface area contributed by atoms with Crippen LogP contribution in [0.25, 0.3) is 0 Å². The standard InChI is InChI=1S/C17H27NO/c1-13-6-5-7-14(2)18(13)12-15-8-10-16(11-9-15)17(3,4)19/h8-11,13-14,19H,5-7,12H2,1-4H3. The van der Waals surface area contributed by atoms with E-state index in [4.69, 9.17) is 0 Å². The van der Waals surface area contributed by atoms with Crippen molar-refractivity contribution in [1.29, 1.82) is 0 Å². The van der Waals surface area contributed by atoms with Gasteiger partial charge in [-0.3, -0.25) is 4.90 Å². The maximum absolute atomic E-state index is 9.97. The molecule has 1 fully saturated rings. The topological polar surface area (TPSA) is 23.5 Å². The van der Waals surface area contributed by atoms with Gasteiger partial charge in [-0.25, -0.2) is 0 Å². The van der Waals surface area contributed by atoms with Crippen LogP contribution < -0.4 is 0 Å². The zero-order valence-corrected chi connectivity index (χ0v) is 12.7. The fourth-order valence-corrected chi connectivity index (χ4v) is 3.02. The second-order valence-electron chi connectivity index (χ2n) is 6.56. The molecule has 2 unspecified atom stereocenters. The van der Waals surface area contributed by atoms with E-state index in [0.29, 0.717) is 12.1 Å². The number of rotatable bonds is 3. The van der Waals surface area contributed by atoms with Crippen LogP contribution >= 0.6 is 0 Å². The SMILES string of the molecule is CC1CCCC(C)N1Cc1ccc(C(C)(C)O)cc1. The minimum Gasteiger partial charge on any atom is -0.386 e. The van der Waals surface area contributed by atoms with Crippen LogP contribution in [0.15, 0.2) is 24.3 Å². The van der Waals surface area contributed by atoms with Crippen LogP contribution in [0.4, 0.5) is 0 Å². The molecule has 0 spiro atoms. The summed E-state index contributed by atoms with van der Waals surface area (Å²) in [5.74, 6) is 0.